The highest BCUT2D eigenvalue weighted by atomic mass is 19.4. The lowest BCUT2D eigenvalue weighted by Crippen LogP contribution is -2.17. The van der Waals surface area contributed by atoms with E-state index in [0.29, 0.717) is 34.8 Å². The highest BCUT2D eigenvalue weighted by Gasteiger charge is 2.44. The summed E-state index contributed by atoms with van der Waals surface area (Å²) < 4.78 is 40.8. The summed E-state index contributed by atoms with van der Waals surface area (Å²) in [5.41, 5.74) is 1.29. The summed E-state index contributed by atoms with van der Waals surface area (Å²) in [5, 5.41) is 16.8. The Kier molecular flexibility index (Phi) is 5.42. The van der Waals surface area contributed by atoms with Crippen molar-refractivity contribution < 1.29 is 27.9 Å². The van der Waals surface area contributed by atoms with Crippen molar-refractivity contribution in [3.63, 3.8) is 0 Å². The topological polar surface area (TPSA) is 84.2 Å². The first-order valence-corrected chi connectivity index (χ1v) is 11.1. The number of halogens is 3. The van der Waals surface area contributed by atoms with Gasteiger partial charge in [0.05, 0.1) is 23.4 Å². The van der Waals surface area contributed by atoms with Gasteiger partial charge in [-0.1, -0.05) is 24.3 Å². The molecule has 2 fully saturated rings. The van der Waals surface area contributed by atoms with E-state index in [-0.39, 0.29) is 17.4 Å². The second kappa shape index (κ2) is 8.30. The highest BCUT2D eigenvalue weighted by Crippen LogP contribution is 2.49. The largest absolute Gasteiger partial charge is 0.478 e. The first-order chi connectivity index (χ1) is 16.2. The third-order valence-electron chi connectivity index (χ3n) is 6.65. The Morgan fingerprint density at radius 3 is 2.59 bits per heavy atom. The third-order valence-corrected chi connectivity index (χ3v) is 6.65. The van der Waals surface area contributed by atoms with Gasteiger partial charge in [0.15, 0.2) is 0 Å². The van der Waals surface area contributed by atoms with Gasteiger partial charge in [0, 0.05) is 23.4 Å². The standard InChI is InChI=1S/C25H22F3N3O3/c26-25(27,28)16-4-1-3-14(9-16)20-11-21(20)23(32)30-17-7-8-19(22(10-17)24(33)34)15-12-29-31(13-15)18-5-2-6-18/h1,3-4,7-10,12-13,18,20-21H,2,5-6,11H2,(H,30,32)(H,33,34). The molecule has 0 saturated heterocycles. The van der Waals surface area contributed by atoms with Crippen LogP contribution in [0.5, 0.6) is 0 Å². The Balaban J connectivity index is 1.30. The number of rotatable bonds is 6. The zero-order valence-corrected chi connectivity index (χ0v) is 18.0. The Hall–Kier alpha value is -3.62. The van der Waals surface area contributed by atoms with Gasteiger partial charge < -0.3 is 10.4 Å². The molecule has 1 aromatic heterocycles. The molecule has 176 valence electrons. The van der Waals surface area contributed by atoms with Crippen LogP contribution in [0.2, 0.25) is 0 Å². The van der Waals surface area contributed by atoms with Gasteiger partial charge >= 0.3 is 12.1 Å². The van der Waals surface area contributed by atoms with Crippen LogP contribution >= 0.6 is 0 Å². The van der Waals surface area contributed by atoms with Crippen molar-refractivity contribution in [2.75, 3.05) is 5.32 Å². The van der Waals surface area contributed by atoms with E-state index >= 15 is 0 Å². The number of carbonyl (C=O) groups is 2. The molecule has 1 amide bonds. The van der Waals surface area contributed by atoms with Gasteiger partial charge in [0.1, 0.15) is 0 Å². The Morgan fingerprint density at radius 1 is 1.12 bits per heavy atom. The van der Waals surface area contributed by atoms with Crippen LogP contribution < -0.4 is 5.32 Å². The lowest BCUT2D eigenvalue weighted by atomic mass is 9.93. The predicted octanol–water partition coefficient (Wildman–Crippen LogP) is 5.73. The zero-order valence-electron chi connectivity index (χ0n) is 18.0. The Labute approximate surface area is 193 Å². The number of benzene rings is 2. The van der Waals surface area contributed by atoms with Gasteiger partial charge in [-0.15, -0.1) is 0 Å². The number of aromatic nitrogens is 2. The molecule has 2 saturated carbocycles. The van der Waals surface area contributed by atoms with Crippen LogP contribution in [-0.2, 0) is 11.0 Å². The number of carboxylic acid groups (broad SMARTS) is 1. The number of hydrogen-bond acceptors (Lipinski definition) is 3. The van der Waals surface area contributed by atoms with Gasteiger partial charge in [-0.2, -0.15) is 18.3 Å². The maximum Gasteiger partial charge on any atom is 0.416 e. The van der Waals surface area contributed by atoms with Gasteiger partial charge in [-0.05, 0) is 60.9 Å². The van der Waals surface area contributed by atoms with Crippen molar-refractivity contribution >= 4 is 17.6 Å². The molecular formula is C25H22F3N3O3. The van der Waals surface area contributed by atoms with Gasteiger partial charge in [0.2, 0.25) is 5.91 Å². The van der Waals surface area contributed by atoms with Crippen molar-refractivity contribution in [1.29, 1.82) is 0 Å². The molecule has 0 bridgehead atoms. The molecule has 2 aliphatic carbocycles. The van der Waals surface area contributed by atoms with Crippen molar-refractivity contribution in [1.82, 2.24) is 9.78 Å². The molecule has 34 heavy (non-hydrogen) atoms. The van der Waals surface area contributed by atoms with Crippen LogP contribution in [0.25, 0.3) is 11.1 Å². The fourth-order valence-corrected chi connectivity index (χ4v) is 4.41. The summed E-state index contributed by atoms with van der Waals surface area (Å²) in [6, 6.07) is 10.0. The molecular weight excluding hydrogens is 447 g/mol. The normalized spacial score (nSPS) is 20.0. The fourth-order valence-electron chi connectivity index (χ4n) is 4.41. The quantitative estimate of drug-likeness (QED) is 0.483. The lowest BCUT2D eigenvalue weighted by molar-refractivity contribution is -0.137. The van der Waals surface area contributed by atoms with Gasteiger partial charge in [0.25, 0.3) is 0 Å². The molecule has 3 aromatic rings. The summed E-state index contributed by atoms with van der Waals surface area (Å²) in [6.07, 6.45) is 2.75. The number of nitrogens with one attached hydrogen (secondary N) is 1. The Bertz CT molecular complexity index is 1260. The zero-order chi connectivity index (χ0) is 24.0. The molecule has 2 aliphatic rings. The maximum absolute atomic E-state index is 13.0. The average Bonchev–Trinajstić information content (AvgIpc) is 3.43. The van der Waals surface area contributed by atoms with E-state index in [1.807, 2.05) is 10.9 Å². The van der Waals surface area contributed by atoms with Crippen LogP contribution in [0.15, 0.2) is 54.9 Å². The molecule has 2 aromatic carbocycles. The maximum atomic E-state index is 13.0. The summed E-state index contributed by atoms with van der Waals surface area (Å²) in [6.45, 7) is 0. The second-order valence-corrected chi connectivity index (χ2v) is 8.92. The average molecular weight is 469 g/mol. The molecule has 2 N–H and O–H groups in total. The van der Waals surface area contributed by atoms with Crippen LogP contribution in [0.4, 0.5) is 18.9 Å². The van der Waals surface area contributed by atoms with Crippen LogP contribution in [0.3, 0.4) is 0 Å². The monoisotopic (exact) mass is 469 g/mol. The number of carboxylic acids is 1. The molecule has 1 heterocycles. The molecule has 6 nitrogen and oxygen atoms in total. The molecule has 2 unspecified atom stereocenters. The Morgan fingerprint density at radius 2 is 1.91 bits per heavy atom. The molecule has 0 spiro atoms. The van der Waals surface area contributed by atoms with E-state index in [9.17, 15) is 27.9 Å². The summed E-state index contributed by atoms with van der Waals surface area (Å²) in [5.74, 6) is -2.23. The van der Waals surface area contributed by atoms with E-state index in [1.54, 1.807) is 24.4 Å². The highest BCUT2D eigenvalue weighted by molar-refractivity contribution is 6.00. The van der Waals surface area contributed by atoms with Crippen molar-refractivity contribution in [2.24, 2.45) is 5.92 Å². The number of aromatic carboxylic acids is 1. The number of hydrogen-bond donors (Lipinski definition) is 2. The predicted molar refractivity (Wildman–Crippen MR) is 118 cm³/mol. The van der Waals surface area contributed by atoms with Crippen LogP contribution in [0.1, 0.15) is 59.1 Å². The minimum atomic E-state index is -4.44. The SMILES string of the molecule is O=C(O)c1cc(NC(=O)C2CC2c2cccc(C(F)(F)F)c2)ccc1-c1cnn(C2CCC2)c1. The van der Waals surface area contributed by atoms with Gasteiger partial charge in [-0.3, -0.25) is 9.48 Å². The number of nitrogens with zero attached hydrogens (tertiary/aromatic N) is 2. The second-order valence-electron chi connectivity index (χ2n) is 8.92. The van der Waals surface area contributed by atoms with Crippen LogP contribution in [-0.4, -0.2) is 26.8 Å². The number of anilines is 1. The van der Waals surface area contributed by atoms with Crippen molar-refractivity contribution in [3.8, 4) is 11.1 Å². The molecule has 0 radical (unpaired) electrons. The van der Waals surface area contributed by atoms with Crippen molar-refractivity contribution in [2.45, 2.75) is 43.8 Å². The third kappa shape index (κ3) is 4.30. The van der Waals surface area contributed by atoms with Gasteiger partial charge in [-0.25, -0.2) is 4.79 Å². The van der Waals surface area contributed by atoms with Crippen LogP contribution in [0, 0.1) is 5.92 Å². The number of amides is 1. The molecule has 9 heteroatoms. The van der Waals surface area contributed by atoms with E-state index in [0.717, 1.165) is 31.4 Å². The first-order valence-electron chi connectivity index (χ1n) is 11.1. The van der Waals surface area contributed by atoms with E-state index in [1.165, 1.54) is 12.1 Å². The summed E-state index contributed by atoms with van der Waals surface area (Å²) in [4.78, 5) is 24.6. The fraction of sp³-hybridized carbons (Fsp3) is 0.320. The molecule has 0 aliphatic heterocycles. The summed E-state index contributed by atoms with van der Waals surface area (Å²) in [7, 11) is 0. The summed E-state index contributed by atoms with van der Waals surface area (Å²) >= 11 is 0. The van der Waals surface area contributed by atoms with Crippen molar-refractivity contribution in [3.05, 3.63) is 71.5 Å². The number of carbonyl (C=O) groups excluding carboxylic acids is 1. The first kappa shape index (κ1) is 22.2. The minimum Gasteiger partial charge on any atom is -0.478 e. The number of alkyl halides is 3. The van der Waals surface area contributed by atoms with E-state index in [4.69, 9.17) is 0 Å². The van der Waals surface area contributed by atoms with E-state index < -0.39 is 23.6 Å². The smallest absolute Gasteiger partial charge is 0.416 e. The minimum absolute atomic E-state index is 0.0381. The van der Waals surface area contributed by atoms with E-state index in [2.05, 4.69) is 10.4 Å². The molecule has 5 rings (SSSR count). The lowest BCUT2D eigenvalue weighted by Gasteiger charge is -2.25. The molecule has 2 atom stereocenters.